The smallest absolute Gasteiger partial charge is 0.165 e. The molecular weight excluding hydrogens is 248 g/mol. The molecule has 2 aliphatic carbocycles. The SMILES string of the molecule is CC1(C)CCC(=O)[C@H]2OO[C@@H]3C[C@@]21CC[C@]3(O)CO. The maximum atomic E-state index is 12.1. The lowest BCUT2D eigenvalue weighted by atomic mass is 9.48. The van der Waals surface area contributed by atoms with E-state index < -0.39 is 17.8 Å². The van der Waals surface area contributed by atoms with Crippen LogP contribution in [0.3, 0.4) is 0 Å². The second-order valence-electron chi connectivity index (χ2n) is 7.03. The first-order chi connectivity index (χ1) is 8.85. The van der Waals surface area contributed by atoms with Gasteiger partial charge in [-0.1, -0.05) is 13.8 Å². The van der Waals surface area contributed by atoms with E-state index in [4.69, 9.17) is 9.78 Å². The van der Waals surface area contributed by atoms with Crippen molar-refractivity contribution in [3.63, 3.8) is 0 Å². The van der Waals surface area contributed by atoms with Crippen molar-refractivity contribution in [1.82, 2.24) is 0 Å². The molecule has 5 heteroatoms. The summed E-state index contributed by atoms with van der Waals surface area (Å²) < 4.78 is 0. The first-order valence-corrected chi connectivity index (χ1v) is 7.03. The molecule has 108 valence electrons. The second-order valence-corrected chi connectivity index (χ2v) is 7.03. The van der Waals surface area contributed by atoms with Crippen LogP contribution in [-0.2, 0) is 14.6 Å². The molecule has 1 heterocycles. The van der Waals surface area contributed by atoms with Crippen LogP contribution in [-0.4, -0.2) is 40.4 Å². The minimum atomic E-state index is -1.24. The second kappa shape index (κ2) is 4.01. The third-order valence-corrected chi connectivity index (χ3v) is 5.83. The Morgan fingerprint density at radius 2 is 2.00 bits per heavy atom. The molecule has 2 saturated carbocycles. The zero-order valence-corrected chi connectivity index (χ0v) is 11.5. The third kappa shape index (κ3) is 1.65. The number of Topliss-reactive ketones (excluding diaryl/α,β-unsaturated/α-hetero) is 1. The standard InChI is InChI=1S/C14H22O5/c1-12(2)4-3-9(16)11-13(12)5-6-14(17,8-15)10(7-13)18-19-11/h10-11,15,17H,3-8H2,1-2H3/t10-,11-,13+,14+/m1/s1. The van der Waals surface area contributed by atoms with Gasteiger partial charge in [-0.15, -0.1) is 0 Å². The fraction of sp³-hybridized carbons (Fsp3) is 0.929. The molecule has 0 unspecified atom stereocenters. The van der Waals surface area contributed by atoms with E-state index in [0.29, 0.717) is 25.7 Å². The summed E-state index contributed by atoms with van der Waals surface area (Å²) in [6.07, 6.45) is 2.02. The van der Waals surface area contributed by atoms with Gasteiger partial charge in [0, 0.05) is 11.8 Å². The fourth-order valence-corrected chi connectivity index (χ4v) is 4.13. The normalized spacial score (nSPS) is 48.7. The van der Waals surface area contributed by atoms with Crippen molar-refractivity contribution >= 4 is 5.78 Å². The first kappa shape index (κ1) is 13.5. The van der Waals surface area contributed by atoms with Gasteiger partial charge in [0.1, 0.15) is 11.7 Å². The van der Waals surface area contributed by atoms with Crippen molar-refractivity contribution in [2.24, 2.45) is 10.8 Å². The predicted octanol–water partition coefficient (Wildman–Crippen LogP) is 0.968. The molecule has 0 aromatic carbocycles. The molecule has 0 aromatic rings. The summed E-state index contributed by atoms with van der Waals surface area (Å²) in [7, 11) is 0. The summed E-state index contributed by atoms with van der Waals surface area (Å²) in [6, 6.07) is 0. The molecule has 2 bridgehead atoms. The largest absolute Gasteiger partial charge is 0.393 e. The highest BCUT2D eigenvalue weighted by Gasteiger charge is 2.65. The number of carbonyl (C=O) groups excluding carboxylic acids is 1. The zero-order chi connectivity index (χ0) is 13.9. The summed E-state index contributed by atoms with van der Waals surface area (Å²) in [5.41, 5.74) is -1.54. The van der Waals surface area contributed by atoms with Crippen LogP contribution in [0, 0.1) is 10.8 Å². The Kier molecular flexibility index (Phi) is 2.85. The van der Waals surface area contributed by atoms with E-state index in [1.54, 1.807) is 0 Å². The first-order valence-electron chi connectivity index (χ1n) is 7.03. The Hall–Kier alpha value is -0.490. The van der Waals surface area contributed by atoms with Crippen molar-refractivity contribution in [3.05, 3.63) is 0 Å². The van der Waals surface area contributed by atoms with Crippen molar-refractivity contribution in [2.45, 2.75) is 63.8 Å². The van der Waals surface area contributed by atoms with E-state index in [-0.39, 0.29) is 23.2 Å². The van der Waals surface area contributed by atoms with Crippen LogP contribution in [0.25, 0.3) is 0 Å². The maximum Gasteiger partial charge on any atom is 0.165 e. The van der Waals surface area contributed by atoms with E-state index in [9.17, 15) is 15.0 Å². The predicted molar refractivity (Wildman–Crippen MR) is 66.1 cm³/mol. The molecule has 3 aliphatic rings. The van der Waals surface area contributed by atoms with Gasteiger partial charge < -0.3 is 10.2 Å². The van der Waals surface area contributed by atoms with Crippen LogP contribution in [0.2, 0.25) is 0 Å². The van der Waals surface area contributed by atoms with Gasteiger partial charge in [-0.2, -0.15) is 0 Å². The van der Waals surface area contributed by atoms with Crippen molar-refractivity contribution in [2.75, 3.05) is 6.61 Å². The fourth-order valence-electron chi connectivity index (χ4n) is 4.13. The monoisotopic (exact) mass is 270 g/mol. The molecular formula is C14H22O5. The van der Waals surface area contributed by atoms with Gasteiger partial charge in [0.05, 0.1) is 6.61 Å². The molecule has 0 amide bonds. The van der Waals surface area contributed by atoms with E-state index in [1.807, 2.05) is 0 Å². The topological polar surface area (TPSA) is 76.0 Å². The highest BCUT2D eigenvalue weighted by molar-refractivity contribution is 5.85. The Bertz CT molecular complexity index is 407. The number of aliphatic hydroxyl groups excluding tert-OH is 1. The Balaban J connectivity index is 1.98. The Morgan fingerprint density at radius 1 is 1.26 bits per heavy atom. The van der Waals surface area contributed by atoms with Crippen LogP contribution >= 0.6 is 0 Å². The third-order valence-electron chi connectivity index (χ3n) is 5.83. The van der Waals surface area contributed by atoms with E-state index in [2.05, 4.69) is 13.8 Å². The van der Waals surface area contributed by atoms with Crippen LogP contribution in [0.4, 0.5) is 0 Å². The van der Waals surface area contributed by atoms with Gasteiger partial charge in [-0.05, 0) is 31.1 Å². The highest BCUT2D eigenvalue weighted by Crippen LogP contribution is 2.61. The summed E-state index contributed by atoms with van der Waals surface area (Å²) in [6.45, 7) is 4.00. The van der Waals surface area contributed by atoms with E-state index in [1.165, 1.54) is 0 Å². The average molecular weight is 270 g/mol. The lowest BCUT2D eigenvalue weighted by molar-refractivity contribution is -0.440. The summed E-state index contributed by atoms with van der Waals surface area (Å²) >= 11 is 0. The van der Waals surface area contributed by atoms with Crippen LogP contribution in [0.5, 0.6) is 0 Å². The van der Waals surface area contributed by atoms with Gasteiger partial charge in [0.15, 0.2) is 11.9 Å². The van der Waals surface area contributed by atoms with Crippen molar-refractivity contribution in [3.8, 4) is 0 Å². The quantitative estimate of drug-likeness (QED) is 0.694. The minimum Gasteiger partial charge on any atom is -0.393 e. The number of carbonyl (C=O) groups is 1. The maximum absolute atomic E-state index is 12.1. The minimum absolute atomic E-state index is 0.0234. The lowest BCUT2D eigenvalue weighted by Gasteiger charge is -2.61. The average Bonchev–Trinajstić information content (AvgIpc) is 2.40. The van der Waals surface area contributed by atoms with Crippen LogP contribution in [0.1, 0.15) is 46.0 Å². The molecule has 19 heavy (non-hydrogen) atoms. The molecule has 3 fully saturated rings. The van der Waals surface area contributed by atoms with Gasteiger partial charge >= 0.3 is 0 Å². The number of ketones is 1. The highest BCUT2D eigenvalue weighted by atomic mass is 17.2. The van der Waals surface area contributed by atoms with Crippen LogP contribution in [0.15, 0.2) is 0 Å². The van der Waals surface area contributed by atoms with Gasteiger partial charge in [0.2, 0.25) is 0 Å². The molecule has 5 nitrogen and oxygen atoms in total. The Morgan fingerprint density at radius 3 is 2.68 bits per heavy atom. The van der Waals surface area contributed by atoms with Gasteiger partial charge in [-0.25, -0.2) is 9.78 Å². The number of rotatable bonds is 1. The molecule has 0 aromatic heterocycles. The molecule has 4 atom stereocenters. The summed E-state index contributed by atoms with van der Waals surface area (Å²) in [5, 5.41) is 19.8. The molecule has 1 aliphatic heterocycles. The van der Waals surface area contributed by atoms with E-state index >= 15 is 0 Å². The molecule has 1 spiro atoms. The van der Waals surface area contributed by atoms with Crippen LogP contribution < -0.4 is 0 Å². The molecule has 1 saturated heterocycles. The van der Waals surface area contributed by atoms with Gasteiger partial charge in [0.25, 0.3) is 0 Å². The Labute approximate surface area is 112 Å². The van der Waals surface area contributed by atoms with Crippen molar-refractivity contribution < 1.29 is 24.8 Å². The van der Waals surface area contributed by atoms with Crippen molar-refractivity contribution in [1.29, 1.82) is 0 Å². The summed E-state index contributed by atoms with van der Waals surface area (Å²) in [5.74, 6) is 0.104. The van der Waals surface area contributed by atoms with Gasteiger partial charge in [-0.3, -0.25) is 4.79 Å². The lowest BCUT2D eigenvalue weighted by Crippen LogP contribution is -2.67. The molecule has 2 N–H and O–H groups in total. The summed E-state index contributed by atoms with van der Waals surface area (Å²) in [4.78, 5) is 22.7. The number of aliphatic hydroxyl groups is 2. The number of fused-ring (bicyclic) bond motifs is 1. The van der Waals surface area contributed by atoms with E-state index in [0.717, 1.165) is 6.42 Å². The molecule has 3 rings (SSSR count). The number of hydrogen-bond donors (Lipinski definition) is 2. The number of hydrogen-bond acceptors (Lipinski definition) is 5. The zero-order valence-electron chi connectivity index (χ0n) is 11.5. The molecule has 0 radical (unpaired) electrons.